The third kappa shape index (κ3) is 3.54. The van der Waals surface area contributed by atoms with Gasteiger partial charge in [-0.15, -0.1) is 11.8 Å². The Bertz CT molecular complexity index is 349. The fraction of sp³-hybridized carbons (Fsp3) is 0.417. The number of nitrogens with two attached hydrogens (primary N) is 1. The summed E-state index contributed by atoms with van der Waals surface area (Å²) in [5.74, 6) is -0.124. The molecule has 2 atom stereocenters. The van der Waals surface area contributed by atoms with E-state index in [2.05, 4.69) is 17.4 Å². The zero-order chi connectivity index (χ0) is 12.1. The molecule has 0 saturated heterocycles. The van der Waals surface area contributed by atoms with Crippen LogP contribution >= 0.6 is 11.8 Å². The van der Waals surface area contributed by atoms with Crippen LogP contribution in [0.3, 0.4) is 0 Å². The molecule has 0 saturated carbocycles. The van der Waals surface area contributed by atoms with Crippen LogP contribution in [0, 0.1) is 0 Å². The van der Waals surface area contributed by atoms with Crippen LogP contribution in [0.15, 0.2) is 29.2 Å². The van der Waals surface area contributed by atoms with Crippen molar-refractivity contribution in [3.8, 4) is 0 Å². The molecule has 0 bridgehead atoms. The van der Waals surface area contributed by atoms with Gasteiger partial charge in [0.1, 0.15) is 0 Å². The van der Waals surface area contributed by atoms with Gasteiger partial charge in [0, 0.05) is 4.90 Å². The standard InChI is InChI=1S/C12H18N2OS/c1-8(13)12(15)14-9(2)10-4-6-11(16-3)7-5-10/h4-9H,13H2,1-3H3,(H,14,15). The van der Waals surface area contributed by atoms with E-state index in [1.165, 1.54) is 4.90 Å². The number of carbonyl (C=O) groups is 1. The predicted octanol–water partition coefficient (Wildman–Crippen LogP) is 1.93. The molecule has 0 aliphatic heterocycles. The summed E-state index contributed by atoms with van der Waals surface area (Å²) in [5.41, 5.74) is 6.58. The van der Waals surface area contributed by atoms with Crippen LogP contribution in [0.1, 0.15) is 25.5 Å². The van der Waals surface area contributed by atoms with E-state index in [4.69, 9.17) is 5.73 Å². The van der Waals surface area contributed by atoms with Crippen molar-refractivity contribution in [2.45, 2.75) is 30.8 Å². The summed E-state index contributed by atoms with van der Waals surface area (Å²) in [7, 11) is 0. The molecule has 1 amide bonds. The quantitative estimate of drug-likeness (QED) is 0.788. The lowest BCUT2D eigenvalue weighted by molar-refractivity contribution is -0.122. The number of nitrogens with one attached hydrogen (secondary N) is 1. The number of thioether (sulfide) groups is 1. The lowest BCUT2D eigenvalue weighted by atomic mass is 10.1. The van der Waals surface area contributed by atoms with Crippen molar-refractivity contribution in [2.24, 2.45) is 5.73 Å². The van der Waals surface area contributed by atoms with E-state index in [1.54, 1.807) is 18.7 Å². The maximum absolute atomic E-state index is 11.4. The highest BCUT2D eigenvalue weighted by Crippen LogP contribution is 2.18. The molecule has 1 aromatic rings. The topological polar surface area (TPSA) is 55.1 Å². The molecule has 3 N–H and O–H groups in total. The smallest absolute Gasteiger partial charge is 0.237 e. The van der Waals surface area contributed by atoms with Crippen molar-refractivity contribution in [3.63, 3.8) is 0 Å². The molecule has 0 aromatic heterocycles. The molecule has 2 unspecified atom stereocenters. The van der Waals surface area contributed by atoms with Crippen LogP contribution in [-0.2, 0) is 4.79 Å². The van der Waals surface area contributed by atoms with Gasteiger partial charge in [-0.25, -0.2) is 0 Å². The molecule has 1 aromatic carbocycles. The Labute approximate surface area is 101 Å². The van der Waals surface area contributed by atoms with E-state index in [1.807, 2.05) is 25.3 Å². The lowest BCUT2D eigenvalue weighted by Gasteiger charge is -2.16. The normalized spacial score (nSPS) is 14.2. The summed E-state index contributed by atoms with van der Waals surface area (Å²) in [5, 5.41) is 2.86. The summed E-state index contributed by atoms with van der Waals surface area (Å²) in [4.78, 5) is 12.6. The minimum Gasteiger partial charge on any atom is -0.348 e. The molecule has 0 spiro atoms. The number of rotatable bonds is 4. The van der Waals surface area contributed by atoms with Crippen LogP contribution in [0.5, 0.6) is 0 Å². The van der Waals surface area contributed by atoms with Gasteiger partial charge in [0.05, 0.1) is 12.1 Å². The van der Waals surface area contributed by atoms with Crippen molar-refractivity contribution in [2.75, 3.05) is 6.26 Å². The third-order valence-corrected chi connectivity index (χ3v) is 3.13. The summed E-state index contributed by atoms with van der Waals surface area (Å²) < 4.78 is 0. The average molecular weight is 238 g/mol. The third-order valence-electron chi connectivity index (χ3n) is 2.39. The molecule has 16 heavy (non-hydrogen) atoms. The van der Waals surface area contributed by atoms with Gasteiger partial charge in [-0.2, -0.15) is 0 Å². The molecule has 0 fully saturated rings. The van der Waals surface area contributed by atoms with Crippen molar-refractivity contribution >= 4 is 17.7 Å². The first kappa shape index (κ1) is 13.1. The second-order valence-corrected chi connectivity index (χ2v) is 4.67. The lowest BCUT2D eigenvalue weighted by Crippen LogP contribution is -2.39. The van der Waals surface area contributed by atoms with E-state index in [0.29, 0.717) is 0 Å². The second kappa shape index (κ2) is 5.92. The predicted molar refractivity (Wildman–Crippen MR) is 68.4 cm³/mol. The number of hydrogen-bond donors (Lipinski definition) is 2. The van der Waals surface area contributed by atoms with Crippen molar-refractivity contribution in [3.05, 3.63) is 29.8 Å². The number of hydrogen-bond acceptors (Lipinski definition) is 3. The number of amides is 1. The monoisotopic (exact) mass is 238 g/mol. The zero-order valence-electron chi connectivity index (χ0n) is 9.86. The zero-order valence-corrected chi connectivity index (χ0v) is 10.7. The fourth-order valence-corrected chi connectivity index (χ4v) is 1.73. The summed E-state index contributed by atoms with van der Waals surface area (Å²) in [6, 6.07) is 7.68. The van der Waals surface area contributed by atoms with Crippen molar-refractivity contribution in [1.82, 2.24) is 5.32 Å². The molecule has 4 heteroatoms. The Hall–Kier alpha value is -1.00. The van der Waals surface area contributed by atoms with Gasteiger partial charge in [0.15, 0.2) is 0 Å². The minimum absolute atomic E-state index is 0.00518. The van der Waals surface area contributed by atoms with Gasteiger partial charge in [0.2, 0.25) is 5.91 Å². The van der Waals surface area contributed by atoms with Gasteiger partial charge in [-0.05, 0) is 37.8 Å². The van der Waals surface area contributed by atoms with Gasteiger partial charge < -0.3 is 11.1 Å². The summed E-state index contributed by atoms with van der Waals surface area (Å²) >= 11 is 1.70. The van der Waals surface area contributed by atoms with Crippen LogP contribution in [0.2, 0.25) is 0 Å². The largest absolute Gasteiger partial charge is 0.348 e. The molecule has 88 valence electrons. The first-order valence-electron chi connectivity index (χ1n) is 5.24. The first-order chi connectivity index (χ1) is 7.54. The first-order valence-corrected chi connectivity index (χ1v) is 6.47. The molecular weight excluding hydrogens is 220 g/mol. The van der Waals surface area contributed by atoms with E-state index in [0.717, 1.165) is 5.56 Å². The SMILES string of the molecule is CSc1ccc(C(C)NC(=O)C(C)N)cc1. The van der Waals surface area contributed by atoms with Crippen LogP contribution < -0.4 is 11.1 Å². The molecule has 0 heterocycles. The fourth-order valence-electron chi connectivity index (χ4n) is 1.32. The second-order valence-electron chi connectivity index (χ2n) is 3.79. The van der Waals surface area contributed by atoms with Crippen LogP contribution in [0.25, 0.3) is 0 Å². The molecule has 1 rings (SSSR count). The van der Waals surface area contributed by atoms with E-state index >= 15 is 0 Å². The summed E-state index contributed by atoms with van der Waals surface area (Å²) in [6.45, 7) is 3.63. The minimum atomic E-state index is -0.465. The Morgan fingerprint density at radius 3 is 2.31 bits per heavy atom. The molecule has 0 aliphatic carbocycles. The Balaban J connectivity index is 2.65. The maximum atomic E-state index is 11.4. The molecular formula is C12H18N2OS. The molecule has 0 aliphatic rings. The van der Waals surface area contributed by atoms with Crippen LogP contribution in [-0.4, -0.2) is 18.2 Å². The Morgan fingerprint density at radius 2 is 1.88 bits per heavy atom. The average Bonchev–Trinajstić information content (AvgIpc) is 2.28. The van der Waals surface area contributed by atoms with E-state index in [-0.39, 0.29) is 11.9 Å². The van der Waals surface area contributed by atoms with Gasteiger partial charge in [-0.1, -0.05) is 12.1 Å². The summed E-state index contributed by atoms with van der Waals surface area (Å²) in [6.07, 6.45) is 2.04. The molecule has 3 nitrogen and oxygen atoms in total. The van der Waals surface area contributed by atoms with Crippen molar-refractivity contribution < 1.29 is 4.79 Å². The van der Waals surface area contributed by atoms with E-state index in [9.17, 15) is 4.79 Å². The van der Waals surface area contributed by atoms with Gasteiger partial charge >= 0.3 is 0 Å². The van der Waals surface area contributed by atoms with Crippen molar-refractivity contribution in [1.29, 1.82) is 0 Å². The highest BCUT2D eigenvalue weighted by atomic mass is 32.2. The van der Waals surface area contributed by atoms with Gasteiger partial charge in [-0.3, -0.25) is 4.79 Å². The van der Waals surface area contributed by atoms with E-state index < -0.39 is 6.04 Å². The molecule has 0 radical (unpaired) electrons. The maximum Gasteiger partial charge on any atom is 0.237 e. The Morgan fingerprint density at radius 1 is 1.31 bits per heavy atom. The van der Waals surface area contributed by atoms with Crippen LogP contribution in [0.4, 0.5) is 0 Å². The number of carbonyl (C=O) groups excluding carboxylic acids is 1. The van der Waals surface area contributed by atoms with Gasteiger partial charge in [0.25, 0.3) is 0 Å². The highest BCUT2D eigenvalue weighted by Gasteiger charge is 2.12. The number of benzene rings is 1. The Kier molecular flexibility index (Phi) is 4.83. The highest BCUT2D eigenvalue weighted by molar-refractivity contribution is 7.98.